The number of carbonyl (C=O) groups is 4. The maximum Gasteiger partial charge on any atom is 0.335 e. The number of unbranched alkanes of at least 4 members (excludes halogenated alkanes) is 33. The normalized spacial score (nSPS) is 18.3. The molecule has 0 radical (unpaired) electrons. The highest BCUT2D eigenvalue weighted by atomic mass is 16.7. The van der Waals surface area contributed by atoms with Crippen LogP contribution in [0.1, 0.15) is 290 Å². The largest absolute Gasteiger partial charge is 0.479 e. The molecule has 0 amide bonds. The molecule has 6 unspecified atom stereocenters. The summed E-state index contributed by atoms with van der Waals surface area (Å²) in [5.41, 5.74) is 0. The number of ether oxygens (including phenoxy) is 5. The minimum Gasteiger partial charge on any atom is -0.479 e. The van der Waals surface area contributed by atoms with Gasteiger partial charge in [0.1, 0.15) is 18.8 Å². The molecule has 1 saturated heterocycles. The van der Waals surface area contributed by atoms with Gasteiger partial charge in [-0.3, -0.25) is 14.4 Å². The Morgan fingerprint density at radius 3 is 1.28 bits per heavy atom. The maximum absolute atomic E-state index is 13.1. The summed E-state index contributed by atoms with van der Waals surface area (Å²) in [6, 6.07) is 0. The van der Waals surface area contributed by atoms with Gasteiger partial charge in [0.2, 0.25) is 0 Å². The molecule has 1 fully saturated rings. The van der Waals surface area contributed by atoms with Gasteiger partial charge in [0, 0.05) is 19.3 Å². The molecule has 1 heterocycles. The van der Waals surface area contributed by atoms with E-state index in [0.29, 0.717) is 19.3 Å². The Morgan fingerprint density at radius 2 is 0.813 bits per heavy atom. The fourth-order valence-corrected chi connectivity index (χ4v) is 9.38. The molecule has 0 aliphatic carbocycles. The van der Waals surface area contributed by atoms with Crippen LogP contribution in [0.5, 0.6) is 0 Å². The van der Waals surface area contributed by atoms with Crippen molar-refractivity contribution in [2.45, 2.75) is 327 Å². The molecule has 12 heteroatoms. The number of allylic oxidation sites excluding steroid dienone is 6. The fraction of sp³-hybridized carbons (Fsp3) is 0.841. The van der Waals surface area contributed by atoms with Crippen molar-refractivity contribution in [2.24, 2.45) is 0 Å². The lowest BCUT2D eigenvalue weighted by Gasteiger charge is -2.40. The van der Waals surface area contributed by atoms with Crippen LogP contribution in [-0.4, -0.2) is 89.2 Å². The Labute approximate surface area is 457 Å². The second-order valence-electron chi connectivity index (χ2n) is 21.3. The van der Waals surface area contributed by atoms with Crippen molar-refractivity contribution < 1.29 is 58.2 Å². The molecule has 0 bridgehead atoms. The van der Waals surface area contributed by atoms with E-state index in [-0.39, 0.29) is 25.9 Å². The predicted octanol–water partition coefficient (Wildman–Crippen LogP) is 16.0. The number of carboxylic acid groups (broad SMARTS) is 1. The third-order valence-corrected chi connectivity index (χ3v) is 14.2. The second-order valence-corrected chi connectivity index (χ2v) is 21.3. The van der Waals surface area contributed by atoms with Gasteiger partial charge in [-0.05, 0) is 70.6 Å². The summed E-state index contributed by atoms with van der Waals surface area (Å²) in [5.74, 6) is -3.12. The molecule has 0 spiro atoms. The van der Waals surface area contributed by atoms with Gasteiger partial charge < -0.3 is 39.0 Å². The van der Waals surface area contributed by atoms with Crippen LogP contribution >= 0.6 is 0 Å². The Bertz CT molecular complexity index is 1450. The van der Waals surface area contributed by atoms with Gasteiger partial charge in [-0.25, -0.2) is 4.79 Å². The zero-order valence-corrected chi connectivity index (χ0v) is 48.1. The van der Waals surface area contributed by atoms with Crippen molar-refractivity contribution in [1.82, 2.24) is 0 Å². The monoisotopic (exact) mass is 1060 g/mol. The third kappa shape index (κ3) is 41.7. The predicted molar refractivity (Wildman–Crippen MR) is 303 cm³/mol. The van der Waals surface area contributed by atoms with Crippen molar-refractivity contribution in [1.29, 1.82) is 0 Å². The number of carbonyl (C=O) groups excluding carboxylic acids is 3. The Kier molecular flexibility index (Phi) is 48.2. The first-order valence-electron chi connectivity index (χ1n) is 31.0. The SMILES string of the molecule is CCCC/C=C\CCCCCCCC(=O)OC(COC(=O)CCCCCCCCC/C=C\C/C=C\CCCCC)COC1OC(C(=O)O)C(O)C(O)C1OC(=O)CCCCCCCCCCCCCCCCCCC. The molecule has 0 aromatic carbocycles. The highest BCUT2D eigenvalue weighted by Crippen LogP contribution is 2.27. The second kappa shape index (κ2) is 51.7. The number of rotatable bonds is 53. The van der Waals surface area contributed by atoms with Crippen molar-refractivity contribution >= 4 is 23.9 Å². The number of hydrogen-bond donors (Lipinski definition) is 3. The van der Waals surface area contributed by atoms with E-state index in [2.05, 4.69) is 57.2 Å². The smallest absolute Gasteiger partial charge is 0.335 e. The first-order chi connectivity index (χ1) is 36.6. The lowest BCUT2D eigenvalue weighted by Crippen LogP contribution is -2.61. The number of carboxylic acids is 1. The van der Waals surface area contributed by atoms with E-state index in [9.17, 15) is 34.5 Å². The molecule has 6 atom stereocenters. The van der Waals surface area contributed by atoms with Gasteiger partial charge in [0.05, 0.1) is 6.61 Å². The van der Waals surface area contributed by atoms with Gasteiger partial charge in [-0.15, -0.1) is 0 Å². The molecule has 0 aromatic rings. The topological polar surface area (TPSA) is 175 Å². The van der Waals surface area contributed by atoms with Gasteiger partial charge in [-0.1, -0.05) is 237 Å². The minimum atomic E-state index is -1.90. The Balaban J connectivity index is 2.64. The Morgan fingerprint density at radius 1 is 0.440 bits per heavy atom. The van der Waals surface area contributed by atoms with Crippen LogP contribution < -0.4 is 0 Å². The number of aliphatic carboxylic acids is 1. The van der Waals surface area contributed by atoms with Crippen molar-refractivity contribution in [3.05, 3.63) is 36.5 Å². The summed E-state index contributed by atoms with van der Waals surface area (Å²) < 4.78 is 28.4. The standard InChI is InChI=1S/C63H112O12/c1-4-7-10-13-16-19-22-24-26-28-30-32-35-37-40-43-46-49-55(64)71-52-54(73-56(65)50-47-44-41-38-34-21-18-15-12-9-6-3)53-72-63-61(59(68)58(67)60(75-63)62(69)70)74-57(66)51-48-45-42-39-36-33-31-29-27-25-23-20-17-14-11-8-5-2/h15-16,18-19,24,26,54,58-61,63,67-68H,4-14,17,20-23,25,27-53H2,1-3H3,(H,69,70)/b18-15-,19-16-,26-24-. The molecule has 1 aliphatic heterocycles. The van der Waals surface area contributed by atoms with Crippen molar-refractivity contribution in [2.75, 3.05) is 13.2 Å². The van der Waals surface area contributed by atoms with E-state index in [1.807, 2.05) is 0 Å². The van der Waals surface area contributed by atoms with E-state index in [0.717, 1.165) is 96.3 Å². The summed E-state index contributed by atoms with van der Waals surface area (Å²) in [4.78, 5) is 51.1. The fourth-order valence-electron chi connectivity index (χ4n) is 9.38. The molecule has 436 valence electrons. The number of hydrogen-bond acceptors (Lipinski definition) is 11. The molecule has 1 rings (SSSR count). The van der Waals surface area contributed by atoms with E-state index < -0.39 is 67.3 Å². The first kappa shape index (κ1) is 70.0. The van der Waals surface area contributed by atoms with Crippen LogP contribution in [0.25, 0.3) is 0 Å². The highest BCUT2D eigenvalue weighted by molar-refractivity contribution is 5.74. The molecule has 1 aliphatic rings. The Hall–Kier alpha value is -3.06. The number of esters is 3. The van der Waals surface area contributed by atoms with E-state index in [4.69, 9.17) is 23.7 Å². The zero-order chi connectivity index (χ0) is 54.7. The zero-order valence-electron chi connectivity index (χ0n) is 48.1. The van der Waals surface area contributed by atoms with Gasteiger partial charge >= 0.3 is 23.9 Å². The van der Waals surface area contributed by atoms with Crippen molar-refractivity contribution in [3.63, 3.8) is 0 Å². The van der Waals surface area contributed by atoms with Gasteiger partial charge in [-0.2, -0.15) is 0 Å². The van der Waals surface area contributed by atoms with Gasteiger partial charge in [0.15, 0.2) is 24.6 Å². The molecule has 75 heavy (non-hydrogen) atoms. The average molecular weight is 1060 g/mol. The molecule has 12 nitrogen and oxygen atoms in total. The summed E-state index contributed by atoms with van der Waals surface area (Å²) in [5, 5.41) is 31.5. The average Bonchev–Trinajstić information content (AvgIpc) is 3.39. The van der Waals surface area contributed by atoms with Crippen LogP contribution in [0.15, 0.2) is 36.5 Å². The van der Waals surface area contributed by atoms with Crippen LogP contribution in [0.2, 0.25) is 0 Å². The first-order valence-corrected chi connectivity index (χ1v) is 31.0. The van der Waals surface area contributed by atoms with Crippen LogP contribution in [0, 0.1) is 0 Å². The summed E-state index contributed by atoms with van der Waals surface area (Å²) in [6.45, 7) is 5.94. The van der Waals surface area contributed by atoms with Crippen LogP contribution in [0.4, 0.5) is 0 Å². The number of aliphatic hydroxyl groups excluding tert-OH is 2. The molecular formula is C63H112O12. The van der Waals surface area contributed by atoms with Gasteiger partial charge in [0.25, 0.3) is 0 Å². The molecule has 0 saturated carbocycles. The number of aliphatic hydroxyl groups is 2. The highest BCUT2D eigenvalue weighted by Gasteiger charge is 2.50. The van der Waals surface area contributed by atoms with E-state index in [1.165, 1.54) is 135 Å². The van der Waals surface area contributed by atoms with E-state index >= 15 is 0 Å². The summed E-state index contributed by atoms with van der Waals surface area (Å²) in [7, 11) is 0. The van der Waals surface area contributed by atoms with E-state index in [1.54, 1.807) is 0 Å². The third-order valence-electron chi connectivity index (χ3n) is 14.2. The lowest BCUT2D eigenvalue weighted by atomic mass is 9.98. The molecule has 3 N–H and O–H groups in total. The molecule has 0 aromatic heterocycles. The summed E-state index contributed by atoms with van der Waals surface area (Å²) >= 11 is 0. The minimum absolute atomic E-state index is 0.0643. The molecular weight excluding hydrogens is 949 g/mol. The van der Waals surface area contributed by atoms with Crippen LogP contribution in [0.3, 0.4) is 0 Å². The maximum atomic E-state index is 13.1. The quantitative estimate of drug-likeness (QED) is 0.0228. The van der Waals surface area contributed by atoms with Crippen molar-refractivity contribution in [3.8, 4) is 0 Å². The van der Waals surface area contributed by atoms with Crippen LogP contribution in [-0.2, 0) is 42.9 Å². The lowest BCUT2D eigenvalue weighted by molar-refractivity contribution is -0.301. The summed E-state index contributed by atoms with van der Waals surface area (Å²) in [6.07, 6.45) is 48.3.